The number of hydrogen-bond acceptors (Lipinski definition) is 3. The molecule has 1 N–H and O–H groups in total. The highest BCUT2D eigenvalue weighted by molar-refractivity contribution is 7.80. The second kappa shape index (κ2) is 6.51. The number of thiol groups is 1. The van der Waals surface area contributed by atoms with E-state index < -0.39 is 11.6 Å². The van der Waals surface area contributed by atoms with Gasteiger partial charge in [0, 0.05) is 12.6 Å². The maximum Gasteiger partial charge on any atom is 0.221 e. The first-order valence-corrected chi connectivity index (χ1v) is 6.61. The Balaban J connectivity index is 2.11. The molecule has 0 aliphatic carbocycles. The Morgan fingerprint density at radius 3 is 2.65 bits per heavy atom. The highest BCUT2D eigenvalue weighted by Crippen LogP contribution is 2.16. The monoisotopic (exact) mass is 297 g/mol. The van der Waals surface area contributed by atoms with Crippen molar-refractivity contribution in [2.24, 2.45) is 0 Å². The fourth-order valence-electron chi connectivity index (χ4n) is 1.67. The molecule has 0 spiro atoms. The van der Waals surface area contributed by atoms with Crippen LogP contribution >= 0.6 is 12.6 Å². The van der Waals surface area contributed by atoms with Gasteiger partial charge in [-0.2, -0.15) is 17.7 Å². The number of amides is 1. The lowest BCUT2D eigenvalue weighted by Crippen LogP contribution is -2.23. The zero-order chi connectivity index (χ0) is 14.5. The lowest BCUT2D eigenvalue weighted by Gasteiger charge is -2.04. The second-order valence-electron chi connectivity index (χ2n) is 4.07. The maximum atomic E-state index is 13.6. The van der Waals surface area contributed by atoms with Gasteiger partial charge < -0.3 is 5.32 Å². The van der Waals surface area contributed by atoms with Crippen molar-refractivity contribution >= 4 is 18.5 Å². The smallest absolute Gasteiger partial charge is 0.221 e. The van der Waals surface area contributed by atoms with Gasteiger partial charge in [0.25, 0.3) is 0 Å². The molecule has 0 aliphatic heterocycles. The molecule has 1 aromatic heterocycles. The first kappa shape index (κ1) is 14.5. The molecule has 0 atom stereocenters. The summed E-state index contributed by atoms with van der Waals surface area (Å²) in [6.45, 7) is 0.204. The van der Waals surface area contributed by atoms with E-state index in [0.29, 0.717) is 17.9 Å². The Hall–Kier alpha value is -1.89. The summed E-state index contributed by atoms with van der Waals surface area (Å²) in [6.07, 6.45) is 1.76. The third-order valence-electron chi connectivity index (χ3n) is 2.62. The molecule has 0 aliphatic rings. The van der Waals surface area contributed by atoms with Crippen LogP contribution in [0, 0.1) is 11.6 Å². The van der Waals surface area contributed by atoms with Gasteiger partial charge in [0.15, 0.2) is 11.6 Å². The minimum atomic E-state index is -0.696. The Bertz CT molecular complexity index is 595. The number of aromatic nitrogens is 2. The van der Waals surface area contributed by atoms with Crippen LogP contribution in [0.5, 0.6) is 0 Å². The highest BCUT2D eigenvalue weighted by Gasteiger charge is 2.12. The van der Waals surface area contributed by atoms with Crippen LogP contribution in [0.3, 0.4) is 0 Å². The van der Waals surface area contributed by atoms with E-state index in [2.05, 4.69) is 23.0 Å². The number of nitrogens with zero attached hydrogens (tertiary/aromatic N) is 2. The zero-order valence-electron chi connectivity index (χ0n) is 10.5. The summed E-state index contributed by atoms with van der Waals surface area (Å²) in [5.41, 5.74) is 0.278. The molecule has 0 saturated heterocycles. The summed E-state index contributed by atoms with van der Waals surface area (Å²) in [6, 6.07) is 5.20. The molecule has 0 saturated carbocycles. The molecule has 20 heavy (non-hydrogen) atoms. The molecule has 0 fully saturated rings. The predicted octanol–water partition coefficient (Wildman–Crippen LogP) is 2.09. The summed E-state index contributed by atoms with van der Waals surface area (Å²) >= 11 is 3.95. The van der Waals surface area contributed by atoms with E-state index in [4.69, 9.17) is 0 Å². The average molecular weight is 297 g/mol. The fraction of sp³-hybridized carbons (Fsp3) is 0.231. The van der Waals surface area contributed by atoms with Crippen LogP contribution in [-0.2, 0) is 11.3 Å². The first-order valence-electron chi connectivity index (χ1n) is 5.98. The van der Waals surface area contributed by atoms with Gasteiger partial charge in [0.05, 0.1) is 12.2 Å². The molecule has 2 rings (SSSR count). The number of carbonyl (C=O) groups excluding carboxylic acids is 1. The van der Waals surface area contributed by atoms with Crippen LogP contribution in [0.15, 0.2) is 30.5 Å². The molecule has 0 radical (unpaired) electrons. The average Bonchev–Trinajstić information content (AvgIpc) is 2.85. The Morgan fingerprint density at radius 1 is 1.30 bits per heavy atom. The molecular formula is C13H13F2N3OS. The van der Waals surface area contributed by atoms with E-state index in [1.165, 1.54) is 12.3 Å². The minimum absolute atomic E-state index is 0.147. The predicted molar refractivity (Wildman–Crippen MR) is 73.8 cm³/mol. The maximum absolute atomic E-state index is 13.6. The quantitative estimate of drug-likeness (QED) is 0.830. The van der Waals surface area contributed by atoms with Gasteiger partial charge in [-0.3, -0.25) is 4.79 Å². The van der Waals surface area contributed by atoms with Crippen LogP contribution in [0.1, 0.15) is 12.1 Å². The SMILES string of the molecule is O=C(CCS)NCc1ccn(-c2c(F)cccc2F)n1. The first-order chi connectivity index (χ1) is 9.61. The van der Waals surface area contributed by atoms with Crippen molar-refractivity contribution < 1.29 is 13.6 Å². The Kier molecular flexibility index (Phi) is 4.73. The van der Waals surface area contributed by atoms with Crippen molar-refractivity contribution in [1.29, 1.82) is 0 Å². The van der Waals surface area contributed by atoms with E-state index in [1.807, 2.05) is 0 Å². The molecule has 1 aromatic carbocycles. The van der Waals surface area contributed by atoms with Crippen molar-refractivity contribution in [3.63, 3.8) is 0 Å². The van der Waals surface area contributed by atoms with Gasteiger partial charge >= 0.3 is 0 Å². The number of carbonyl (C=O) groups is 1. The molecule has 7 heteroatoms. The molecule has 1 amide bonds. The van der Waals surface area contributed by atoms with Crippen LogP contribution < -0.4 is 5.32 Å². The molecule has 106 valence electrons. The lowest BCUT2D eigenvalue weighted by molar-refractivity contribution is -0.120. The number of nitrogens with one attached hydrogen (secondary N) is 1. The summed E-state index contributed by atoms with van der Waals surface area (Å²) in [7, 11) is 0. The lowest BCUT2D eigenvalue weighted by atomic mass is 10.3. The van der Waals surface area contributed by atoms with Crippen LogP contribution in [0.25, 0.3) is 5.69 Å². The molecular weight excluding hydrogens is 284 g/mol. The van der Waals surface area contributed by atoms with Crippen LogP contribution in [-0.4, -0.2) is 21.4 Å². The van der Waals surface area contributed by atoms with Crippen molar-refractivity contribution in [2.75, 3.05) is 5.75 Å². The highest BCUT2D eigenvalue weighted by atomic mass is 32.1. The number of rotatable bonds is 5. The molecule has 4 nitrogen and oxygen atoms in total. The van der Waals surface area contributed by atoms with E-state index in [0.717, 1.165) is 16.8 Å². The van der Waals surface area contributed by atoms with E-state index in [9.17, 15) is 13.6 Å². The number of benzene rings is 1. The molecule has 0 bridgehead atoms. The molecule has 0 unspecified atom stereocenters. The van der Waals surface area contributed by atoms with Crippen molar-refractivity contribution in [3.8, 4) is 5.69 Å². The largest absolute Gasteiger partial charge is 0.350 e. The fourth-order valence-corrected chi connectivity index (χ4v) is 1.87. The van der Waals surface area contributed by atoms with Gasteiger partial charge in [-0.05, 0) is 24.0 Å². The Labute approximate surface area is 120 Å². The number of para-hydroxylation sites is 1. The van der Waals surface area contributed by atoms with Gasteiger partial charge in [-0.15, -0.1) is 0 Å². The van der Waals surface area contributed by atoms with E-state index >= 15 is 0 Å². The topological polar surface area (TPSA) is 46.9 Å². The van der Waals surface area contributed by atoms with Crippen molar-refractivity contribution in [3.05, 3.63) is 47.8 Å². The number of halogens is 2. The second-order valence-corrected chi connectivity index (χ2v) is 4.52. The molecule has 2 aromatic rings. The van der Waals surface area contributed by atoms with Crippen LogP contribution in [0.2, 0.25) is 0 Å². The van der Waals surface area contributed by atoms with E-state index in [1.54, 1.807) is 6.07 Å². The standard InChI is InChI=1S/C13H13F2N3OS/c14-10-2-1-3-11(15)13(10)18-6-4-9(17-18)8-16-12(19)5-7-20/h1-4,6,20H,5,7-8H2,(H,16,19). The van der Waals surface area contributed by atoms with Crippen molar-refractivity contribution in [2.45, 2.75) is 13.0 Å². The molecule has 1 heterocycles. The Morgan fingerprint density at radius 2 is 2.00 bits per heavy atom. The summed E-state index contributed by atoms with van der Waals surface area (Å²) in [5.74, 6) is -1.08. The third-order valence-corrected chi connectivity index (χ3v) is 2.84. The summed E-state index contributed by atoms with van der Waals surface area (Å²) in [5, 5.41) is 6.68. The van der Waals surface area contributed by atoms with Gasteiger partial charge in [0.2, 0.25) is 5.91 Å². The van der Waals surface area contributed by atoms with Gasteiger partial charge in [0.1, 0.15) is 5.69 Å². The van der Waals surface area contributed by atoms with Gasteiger partial charge in [-0.1, -0.05) is 6.07 Å². The van der Waals surface area contributed by atoms with Crippen LogP contribution in [0.4, 0.5) is 8.78 Å². The normalized spacial score (nSPS) is 10.6. The third kappa shape index (κ3) is 3.36. The van der Waals surface area contributed by atoms with Crippen molar-refractivity contribution in [1.82, 2.24) is 15.1 Å². The minimum Gasteiger partial charge on any atom is -0.350 e. The summed E-state index contributed by atoms with van der Waals surface area (Å²) in [4.78, 5) is 11.3. The van der Waals surface area contributed by atoms with E-state index in [-0.39, 0.29) is 18.1 Å². The summed E-state index contributed by atoms with van der Waals surface area (Å²) < 4.78 is 28.3. The van der Waals surface area contributed by atoms with Gasteiger partial charge in [-0.25, -0.2) is 13.5 Å². The zero-order valence-corrected chi connectivity index (χ0v) is 11.4. The number of hydrogen-bond donors (Lipinski definition) is 2.